The summed E-state index contributed by atoms with van der Waals surface area (Å²) in [4.78, 5) is 0. The Bertz CT molecular complexity index is 410. The third-order valence-electron chi connectivity index (χ3n) is 2.18. The molecule has 1 N–H and O–H groups in total. The minimum Gasteiger partial charge on any atom is -0.493 e. The van der Waals surface area contributed by atoms with E-state index in [0.29, 0.717) is 22.4 Å². The molecule has 7 heteroatoms. The SMILES string of the molecule is CCOc1ccc(C(O)COCC(F)(F)F)cc1Br. The average Bonchev–Trinajstić information content (AvgIpc) is 2.30. The molecule has 0 spiro atoms. The van der Waals surface area contributed by atoms with E-state index in [1.807, 2.05) is 6.92 Å². The third kappa shape index (κ3) is 5.80. The quantitative estimate of drug-likeness (QED) is 0.860. The Morgan fingerprint density at radius 1 is 1.37 bits per heavy atom. The molecule has 0 bridgehead atoms. The monoisotopic (exact) mass is 342 g/mol. The number of benzene rings is 1. The van der Waals surface area contributed by atoms with Gasteiger partial charge in [-0.05, 0) is 40.5 Å². The zero-order valence-electron chi connectivity index (χ0n) is 10.2. The van der Waals surface area contributed by atoms with Gasteiger partial charge >= 0.3 is 6.18 Å². The first-order valence-corrected chi connectivity index (χ1v) is 6.37. The van der Waals surface area contributed by atoms with Crippen molar-refractivity contribution in [2.24, 2.45) is 0 Å². The molecule has 0 aromatic heterocycles. The van der Waals surface area contributed by atoms with Crippen molar-refractivity contribution in [3.63, 3.8) is 0 Å². The first-order valence-electron chi connectivity index (χ1n) is 5.58. The zero-order valence-corrected chi connectivity index (χ0v) is 11.8. The zero-order chi connectivity index (χ0) is 14.5. The summed E-state index contributed by atoms with van der Waals surface area (Å²) >= 11 is 3.26. The first kappa shape index (κ1) is 16.3. The largest absolute Gasteiger partial charge is 0.493 e. The van der Waals surface area contributed by atoms with E-state index in [4.69, 9.17) is 4.74 Å². The summed E-state index contributed by atoms with van der Waals surface area (Å²) in [5.74, 6) is 0.606. The molecule has 1 rings (SSSR count). The molecule has 1 atom stereocenters. The molecule has 19 heavy (non-hydrogen) atoms. The molecule has 1 aromatic rings. The highest BCUT2D eigenvalue weighted by molar-refractivity contribution is 9.10. The van der Waals surface area contributed by atoms with Gasteiger partial charge in [0.05, 0.1) is 17.7 Å². The second-order valence-electron chi connectivity index (χ2n) is 3.77. The van der Waals surface area contributed by atoms with E-state index in [2.05, 4.69) is 20.7 Å². The maximum Gasteiger partial charge on any atom is 0.411 e. The van der Waals surface area contributed by atoms with Gasteiger partial charge in [0.2, 0.25) is 0 Å². The number of hydrogen-bond donors (Lipinski definition) is 1. The lowest BCUT2D eigenvalue weighted by Crippen LogP contribution is -2.19. The second kappa shape index (κ2) is 7.12. The molecular formula is C12H14BrF3O3. The second-order valence-corrected chi connectivity index (χ2v) is 4.62. The minimum absolute atomic E-state index is 0.417. The molecule has 0 saturated heterocycles. The molecule has 3 nitrogen and oxygen atoms in total. The number of alkyl halides is 3. The Morgan fingerprint density at radius 2 is 2.05 bits per heavy atom. The van der Waals surface area contributed by atoms with Crippen LogP contribution >= 0.6 is 15.9 Å². The van der Waals surface area contributed by atoms with E-state index >= 15 is 0 Å². The molecule has 0 saturated carbocycles. The highest BCUT2D eigenvalue weighted by atomic mass is 79.9. The number of aliphatic hydroxyl groups is 1. The fourth-order valence-electron chi connectivity index (χ4n) is 1.38. The van der Waals surface area contributed by atoms with E-state index in [-0.39, 0.29) is 0 Å². The highest BCUT2D eigenvalue weighted by Crippen LogP contribution is 2.28. The number of hydrogen-bond acceptors (Lipinski definition) is 3. The molecule has 0 aliphatic rings. The van der Waals surface area contributed by atoms with E-state index in [1.165, 1.54) is 0 Å². The van der Waals surface area contributed by atoms with Crippen molar-refractivity contribution in [3.8, 4) is 5.75 Å². The molecule has 0 fully saturated rings. The van der Waals surface area contributed by atoms with Gasteiger partial charge in [-0.3, -0.25) is 0 Å². The van der Waals surface area contributed by atoms with Crippen molar-refractivity contribution >= 4 is 15.9 Å². The smallest absolute Gasteiger partial charge is 0.411 e. The van der Waals surface area contributed by atoms with Crippen LogP contribution in [-0.2, 0) is 4.74 Å². The predicted molar refractivity (Wildman–Crippen MR) is 67.1 cm³/mol. The van der Waals surface area contributed by atoms with Crippen LogP contribution in [0.15, 0.2) is 22.7 Å². The van der Waals surface area contributed by atoms with Crippen molar-refractivity contribution in [1.82, 2.24) is 0 Å². The van der Waals surface area contributed by atoms with Crippen LogP contribution in [0.5, 0.6) is 5.75 Å². The summed E-state index contributed by atoms with van der Waals surface area (Å²) in [5.41, 5.74) is 0.456. The van der Waals surface area contributed by atoms with Crippen molar-refractivity contribution in [3.05, 3.63) is 28.2 Å². The molecule has 1 aromatic carbocycles. The summed E-state index contributed by atoms with van der Waals surface area (Å²) in [7, 11) is 0. The normalized spacial score (nSPS) is 13.4. The van der Waals surface area contributed by atoms with Crippen LogP contribution in [0.25, 0.3) is 0 Å². The van der Waals surface area contributed by atoms with Crippen molar-refractivity contribution < 1.29 is 27.8 Å². The molecule has 0 aliphatic heterocycles. The van der Waals surface area contributed by atoms with E-state index in [0.717, 1.165) is 0 Å². The van der Waals surface area contributed by atoms with Gasteiger partial charge in [-0.15, -0.1) is 0 Å². The van der Waals surface area contributed by atoms with Crippen LogP contribution in [0.1, 0.15) is 18.6 Å². The highest BCUT2D eigenvalue weighted by Gasteiger charge is 2.27. The van der Waals surface area contributed by atoms with Crippen molar-refractivity contribution in [2.75, 3.05) is 19.8 Å². The van der Waals surface area contributed by atoms with E-state index in [9.17, 15) is 18.3 Å². The maximum absolute atomic E-state index is 11.9. The summed E-state index contributed by atoms with van der Waals surface area (Å²) in [5, 5.41) is 9.71. The van der Waals surface area contributed by atoms with Gasteiger partial charge in [0.25, 0.3) is 0 Å². The molecule has 0 radical (unpaired) electrons. The number of halogens is 4. The van der Waals surface area contributed by atoms with Gasteiger partial charge in [0.15, 0.2) is 0 Å². The Hall–Kier alpha value is -0.790. The fourth-order valence-corrected chi connectivity index (χ4v) is 1.89. The predicted octanol–water partition coefficient (Wildman–Crippen LogP) is 3.46. The number of aliphatic hydroxyl groups excluding tert-OH is 1. The Balaban J connectivity index is 2.57. The van der Waals surface area contributed by atoms with Crippen LogP contribution in [-0.4, -0.2) is 31.1 Å². The number of rotatable bonds is 6. The summed E-state index contributed by atoms with van der Waals surface area (Å²) in [6.45, 7) is 0.539. The molecular weight excluding hydrogens is 329 g/mol. The average molecular weight is 343 g/mol. The summed E-state index contributed by atoms with van der Waals surface area (Å²) in [6, 6.07) is 4.81. The van der Waals surface area contributed by atoms with Gasteiger partial charge in [-0.1, -0.05) is 6.07 Å². The van der Waals surface area contributed by atoms with Crippen LogP contribution in [0.4, 0.5) is 13.2 Å². The summed E-state index contributed by atoms with van der Waals surface area (Å²) < 4.78 is 46.0. The lowest BCUT2D eigenvalue weighted by Gasteiger charge is -2.14. The van der Waals surface area contributed by atoms with Crippen LogP contribution in [0, 0.1) is 0 Å². The lowest BCUT2D eigenvalue weighted by atomic mass is 10.1. The van der Waals surface area contributed by atoms with E-state index < -0.39 is 25.5 Å². The Morgan fingerprint density at radius 3 is 2.58 bits per heavy atom. The third-order valence-corrected chi connectivity index (χ3v) is 2.80. The van der Waals surface area contributed by atoms with Crippen molar-refractivity contribution in [2.45, 2.75) is 19.2 Å². The Kier molecular flexibility index (Phi) is 6.09. The first-order chi connectivity index (χ1) is 8.83. The van der Waals surface area contributed by atoms with Gasteiger partial charge in [-0.25, -0.2) is 0 Å². The minimum atomic E-state index is -4.39. The van der Waals surface area contributed by atoms with Crippen LogP contribution in [0.2, 0.25) is 0 Å². The lowest BCUT2D eigenvalue weighted by molar-refractivity contribution is -0.179. The maximum atomic E-state index is 11.9. The van der Waals surface area contributed by atoms with Gasteiger partial charge < -0.3 is 14.6 Å². The summed E-state index contributed by atoms with van der Waals surface area (Å²) in [6.07, 6.45) is -5.51. The van der Waals surface area contributed by atoms with Crippen molar-refractivity contribution in [1.29, 1.82) is 0 Å². The standard InChI is InChI=1S/C12H14BrF3O3/c1-2-19-11-4-3-8(5-9(11)13)10(17)6-18-7-12(14,15)16/h3-5,10,17H,2,6-7H2,1H3. The molecule has 0 heterocycles. The van der Waals surface area contributed by atoms with Gasteiger partial charge in [0, 0.05) is 0 Å². The fraction of sp³-hybridized carbons (Fsp3) is 0.500. The molecule has 108 valence electrons. The van der Waals surface area contributed by atoms with Gasteiger partial charge in [0.1, 0.15) is 18.5 Å². The Labute approximate surface area is 117 Å². The molecule has 0 aliphatic carbocycles. The number of ether oxygens (including phenoxy) is 2. The van der Waals surface area contributed by atoms with Gasteiger partial charge in [-0.2, -0.15) is 13.2 Å². The molecule has 0 amide bonds. The van der Waals surface area contributed by atoms with Crippen LogP contribution < -0.4 is 4.74 Å². The topological polar surface area (TPSA) is 38.7 Å². The van der Waals surface area contributed by atoms with Crippen LogP contribution in [0.3, 0.4) is 0 Å². The molecule has 1 unspecified atom stereocenters. The van der Waals surface area contributed by atoms with E-state index in [1.54, 1.807) is 18.2 Å².